The minimum Gasteiger partial charge on any atom is -0.493 e. The van der Waals surface area contributed by atoms with Gasteiger partial charge in [0.15, 0.2) is 0 Å². The maximum Gasteiger partial charge on any atom is 0.128 e. The van der Waals surface area contributed by atoms with E-state index in [1.807, 2.05) is 12.1 Å². The molecule has 0 radical (unpaired) electrons. The molecule has 0 aromatic heterocycles. The van der Waals surface area contributed by atoms with Crippen LogP contribution in [0.15, 0.2) is 18.2 Å². The lowest BCUT2D eigenvalue weighted by atomic mass is 9.77. The molecule has 1 heterocycles. The van der Waals surface area contributed by atoms with Crippen molar-refractivity contribution in [3.8, 4) is 11.5 Å². The summed E-state index contributed by atoms with van der Waals surface area (Å²) in [5, 5.41) is 0. The zero-order chi connectivity index (χ0) is 15.1. The van der Waals surface area contributed by atoms with Gasteiger partial charge in [0.1, 0.15) is 17.1 Å². The van der Waals surface area contributed by atoms with Gasteiger partial charge in [-0.2, -0.15) is 0 Å². The van der Waals surface area contributed by atoms with Crippen LogP contribution in [0.1, 0.15) is 58.4 Å². The molecule has 2 aliphatic rings. The normalized spacial score (nSPS) is 26.7. The number of ether oxygens (including phenoxy) is 2. The van der Waals surface area contributed by atoms with Crippen molar-refractivity contribution in [1.29, 1.82) is 0 Å². The van der Waals surface area contributed by atoms with Gasteiger partial charge in [-0.3, -0.25) is 0 Å². The lowest BCUT2D eigenvalue weighted by Crippen LogP contribution is -2.49. The van der Waals surface area contributed by atoms with Crippen LogP contribution in [-0.4, -0.2) is 12.2 Å². The number of hydrogen-bond donors (Lipinski definition) is 1. The summed E-state index contributed by atoms with van der Waals surface area (Å²) in [6, 6.07) is 6.12. The minimum absolute atomic E-state index is 0.0484. The molecule has 1 unspecified atom stereocenters. The Hall–Kier alpha value is -1.22. The van der Waals surface area contributed by atoms with Crippen molar-refractivity contribution in [1.82, 2.24) is 0 Å². The Bertz CT molecular complexity index is 516. The first-order valence-corrected chi connectivity index (χ1v) is 8.15. The van der Waals surface area contributed by atoms with Crippen molar-refractivity contribution in [2.75, 3.05) is 6.61 Å². The van der Waals surface area contributed by atoms with Crippen LogP contribution in [0.25, 0.3) is 0 Å². The van der Waals surface area contributed by atoms with Gasteiger partial charge in [0.25, 0.3) is 0 Å². The van der Waals surface area contributed by atoms with Crippen LogP contribution < -0.4 is 15.2 Å². The van der Waals surface area contributed by atoms with E-state index in [0.29, 0.717) is 5.92 Å². The van der Waals surface area contributed by atoms with E-state index < -0.39 is 0 Å². The van der Waals surface area contributed by atoms with Crippen molar-refractivity contribution < 1.29 is 9.47 Å². The van der Waals surface area contributed by atoms with Gasteiger partial charge in [0.05, 0.1) is 6.61 Å². The Morgan fingerprint density at radius 2 is 2.00 bits per heavy atom. The third-order valence-corrected chi connectivity index (χ3v) is 4.68. The van der Waals surface area contributed by atoms with Gasteiger partial charge in [-0.25, -0.2) is 0 Å². The first kappa shape index (κ1) is 14.7. The molecule has 1 aromatic carbocycles. The molecule has 0 amide bonds. The summed E-state index contributed by atoms with van der Waals surface area (Å²) in [5.41, 5.74) is 7.34. The smallest absolute Gasteiger partial charge is 0.128 e. The highest BCUT2D eigenvalue weighted by Gasteiger charge is 2.46. The molecule has 1 aromatic rings. The SMILES string of the molecule is CC(C)COc1ccc2c(c1)OC1(CCCC1)CC2(C)N. The topological polar surface area (TPSA) is 44.5 Å². The summed E-state index contributed by atoms with van der Waals surface area (Å²) in [7, 11) is 0. The number of hydrogen-bond acceptors (Lipinski definition) is 3. The van der Waals surface area contributed by atoms with Crippen molar-refractivity contribution in [3.63, 3.8) is 0 Å². The van der Waals surface area contributed by atoms with Crippen molar-refractivity contribution in [2.45, 2.75) is 64.0 Å². The lowest BCUT2D eigenvalue weighted by molar-refractivity contribution is 0.0221. The van der Waals surface area contributed by atoms with Crippen LogP contribution in [0.2, 0.25) is 0 Å². The third kappa shape index (κ3) is 2.89. The fourth-order valence-corrected chi connectivity index (χ4v) is 3.74. The van der Waals surface area contributed by atoms with Crippen LogP contribution in [0, 0.1) is 5.92 Å². The van der Waals surface area contributed by atoms with Crippen LogP contribution in [0.5, 0.6) is 11.5 Å². The Labute approximate surface area is 127 Å². The molecule has 116 valence electrons. The molecule has 0 saturated heterocycles. The van der Waals surface area contributed by atoms with Crippen LogP contribution in [0.3, 0.4) is 0 Å². The summed E-state index contributed by atoms with van der Waals surface area (Å²) in [5.74, 6) is 2.32. The average Bonchev–Trinajstić information content (AvgIpc) is 2.82. The van der Waals surface area contributed by atoms with Crippen molar-refractivity contribution in [2.24, 2.45) is 11.7 Å². The zero-order valence-corrected chi connectivity index (χ0v) is 13.4. The van der Waals surface area contributed by atoms with Gasteiger partial charge in [-0.05, 0) is 50.7 Å². The Balaban J connectivity index is 1.89. The molecule has 2 N–H and O–H groups in total. The standard InChI is InChI=1S/C18H27NO2/c1-13(2)11-20-14-6-7-15-16(10-14)21-18(8-4-5-9-18)12-17(15,3)19/h6-7,10,13H,4-5,8-9,11-12,19H2,1-3H3. The van der Waals surface area contributed by atoms with Gasteiger partial charge < -0.3 is 15.2 Å². The summed E-state index contributed by atoms with van der Waals surface area (Å²) >= 11 is 0. The lowest BCUT2D eigenvalue weighted by Gasteiger charge is -2.44. The summed E-state index contributed by atoms with van der Waals surface area (Å²) in [6.07, 6.45) is 5.65. The molecular formula is C18H27NO2. The fourth-order valence-electron chi connectivity index (χ4n) is 3.74. The Morgan fingerprint density at radius 3 is 2.67 bits per heavy atom. The van der Waals surface area contributed by atoms with E-state index in [2.05, 4.69) is 26.8 Å². The van der Waals surface area contributed by atoms with E-state index >= 15 is 0 Å². The third-order valence-electron chi connectivity index (χ3n) is 4.68. The van der Waals surface area contributed by atoms with E-state index in [1.165, 1.54) is 12.8 Å². The summed E-state index contributed by atoms with van der Waals surface area (Å²) in [4.78, 5) is 0. The first-order valence-electron chi connectivity index (χ1n) is 8.15. The molecule has 1 spiro atoms. The van der Waals surface area contributed by atoms with Gasteiger partial charge in [0, 0.05) is 23.6 Å². The minimum atomic E-state index is -0.311. The quantitative estimate of drug-likeness (QED) is 0.915. The van der Waals surface area contributed by atoms with E-state index in [9.17, 15) is 0 Å². The van der Waals surface area contributed by atoms with Gasteiger partial charge in [-0.15, -0.1) is 0 Å². The molecule has 1 aliphatic carbocycles. The van der Waals surface area contributed by atoms with Gasteiger partial charge >= 0.3 is 0 Å². The second-order valence-corrected chi connectivity index (χ2v) is 7.45. The number of fused-ring (bicyclic) bond motifs is 1. The molecule has 1 atom stereocenters. The van der Waals surface area contributed by atoms with Crippen molar-refractivity contribution >= 4 is 0 Å². The van der Waals surface area contributed by atoms with E-state index in [0.717, 1.165) is 42.9 Å². The van der Waals surface area contributed by atoms with Crippen LogP contribution >= 0.6 is 0 Å². The van der Waals surface area contributed by atoms with Crippen LogP contribution in [0.4, 0.5) is 0 Å². The highest BCUT2D eigenvalue weighted by atomic mass is 16.5. The molecule has 3 rings (SSSR count). The molecule has 1 aliphatic heterocycles. The summed E-state index contributed by atoms with van der Waals surface area (Å²) < 4.78 is 12.2. The maximum absolute atomic E-state index is 6.60. The number of rotatable bonds is 3. The van der Waals surface area contributed by atoms with E-state index in [1.54, 1.807) is 0 Å². The second kappa shape index (κ2) is 5.20. The monoisotopic (exact) mass is 289 g/mol. The van der Waals surface area contributed by atoms with Gasteiger partial charge in [0.2, 0.25) is 0 Å². The highest BCUT2D eigenvalue weighted by molar-refractivity contribution is 5.46. The maximum atomic E-state index is 6.60. The average molecular weight is 289 g/mol. The molecule has 1 fully saturated rings. The predicted molar refractivity (Wildman–Crippen MR) is 84.8 cm³/mol. The van der Waals surface area contributed by atoms with Gasteiger partial charge in [-0.1, -0.05) is 13.8 Å². The molecule has 3 heteroatoms. The molecular weight excluding hydrogens is 262 g/mol. The first-order chi connectivity index (χ1) is 9.90. The predicted octanol–water partition coefficient (Wildman–Crippen LogP) is 3.99. The number of nitrogens with two attached hydrogens (primary N) is 1. The molecule has 1 saturated carbocycles. The highest BCUT2D eigenvalue weighted by Crippen LogP contribution is 2.49. The van der Waals surface area contributed by atoms with E-state index in [4.69, 9.17) is 15.2 Å². The molecule has 21 heavy (non-hydrogen) atoms. The second-order valence-electron chi connectivity index (χ2n) is 7.45. The Kier molecular flexibility index (Phi) is 3.64. The van der Waals surface area contributed by atoms with Crippen LogP contribution in [-0.2, 0) is 5.54 Å². The molecule has 0 bridgehead atoms. The summed E-state index contributed by atoms with van der Waals surface area (Å²) in [6.45, 7) is 7.16. The van der Waals surface area contributed by atoms with E-state index in [-0.39, 0.29) is 11.1 Å². The molecule has 3 nitrogen and oxygen atoms in total. The largest absolute Gasteiger partial charge is 0.493 e. The zero-order valence-electron chi connectivity index (χ0n) is 13.4. The Morgan fingerprint density at radius 1 is 1.29 bits per heavy atom. The number of benzene rings is 1. The van der Waals surface area contributed by atoms with Crippen molar-refractivity contribution in [3.05, 3.63) is 23.8 Å². The fraction of sp³-hybridized carbons (Fsp3) is 0.667.